The summed E-state index contributed by atoms with van der Waals surface area (Å²) < 4.78 is 0. The van der Waals surface area contributed by atoms with Crippen LogP contribution in [0.25, 0.3) is 0 Å². The van der Waals surface area contributed by atoms with Gasteiger partial charge < -0.3 is 5.32 Å². The second-order valence-corrected chi connectivity index (χ2v) is 5.41. The highest BCUT2D eigenvalue weighted by molar-refractivity contribution is 5.42. The van der Waals surface area contributed by atoms with Gasteiger partial charge in [0, 0.05) is 17.5 Å². The summed E-state index contributed by atoms with van der Waals surface area (Å²) in [6, 6.07) is 6.59. The van der Waals surface area contributed by atoms with Crippen LogP contribution in [0.1, 0.15) is 37.5 Å². The third kappa shape index (κ3) is 2.87. The zero-order chi connectivity index (χ0) is 11.6. The minimum atomic E-state index is 0.0775. The monoisotopic (exact) mass is 213 g/mol. The van der Waals surface area contributed by atoms with Crippen LogP contribution < -0.4 is 5.32 Å². The Balaban J connectivity index is 2.26. The first-order chi connectivity index (χ1) is 7.54. The average molecular weight is 213 g/mol. The highest BCUT2D eigenvalue weighted by Crippen LogP contribution is 2.16. The van der Waals surface area contributed by atoms with Gasteiger partial charge in [-0.15, -0.1) is 0 Å². The van der Waals surface area contributed by atoms with Crippen molar-refractivity contribution in [2.24, 2.45) is 5.41 Å². The summed E-state index contributed by atoms with van der Waals surface area (Å²) in [7, 11) is 0. The maximum Gasteiger partial charge on any atom is 0.0248 e. The number of hydrogen-bond donors (Lipinski definition) is 1. The second-order valence-electron chi connectivity index (χ2n) is 5.41. The van der Waals surface area contributed by atoms with Crippen molar-refractivity contribution in [3.63, 3.8) is 0 Å². The lowest BCUT2D eigenvalue weighted by Gasteiger charge is -2.16. The fraction of sp³-hybridized carbons (Fsp3) is 0.467. The number of nitrogens with one attached hydrogen (secondary N) is 1. The predicted octanol–water partition coefficient (Wildman–Crippen LogP) is 2.73. The van der Waals surface area contributed by atoms with E-state index in [2.05, 4.69) is 56.1 Å². The normalized spacial score (nSPS) is 14.9. The fourth-order valence-corrected chi connectivity index (χ4v) is 1.82. The molecule has 0 fully saturated rings. The summed E-state index contributed by atoms with van der Waals surface area (Å²) in [4.78, 5) is 0. The molecule has 0 saturated heterocycles. The average Bonchev–Trinajstić information content (AvgIpc) is 2.25. The van der Waals surface area contributed by atoms with Gasteiger partial charge in [0.25, 0.3) is 0 Å². The van der Waals surface area contributed by atoms with Crippen LogP contribution in [0.15, 0.2) is 18.2 Å². The topological polar surface area (TPSA) is 12.0 Å². The van der Waals surface area contributed by atoms with Crippen molar-refractivity contribution in [2.45, 2.75) is 33.7 Å². The number of benzene rings is 1. The lowest BCUT2D eigenvalue weighted by molar-refractivity contribution is 0.571. The lowest BCUT2D eigenvalue weighted by Crippen LogP contribution is -2.23. The van der Waals surface area contributed by atoms with Gasteiger partial charge in [0.2, 0.25) is 0 Å². The largest absolute Gasteiger partial charge is 0.312 e. The van der Waals surface area contributed by atoms with Crippen LogP contribution in [0, 0.1) is 17.3 Å². The fourth-order valence-electron chi connectivity index (χ4n) is 1.82. The highest BCUT2D eigenvalue weighted by atomic mass is 14.9. The quantitative estimate of drug-likeness (QED) is 0.653. The molecule has 16 heavy (non-hydrogen) atoms. The molecular formula is C15H19N. The standard InChI is InChI=1S/C15H19N/c1-15(2,3)8-6-12-4-5-13-7-9-16-11-14(13)10-12/h4-5,10,16H,7,9,11H2,1-3H3. The van der Waals surface area contributed by atoms with E-state index in [0.29, 0.717) is 0 Å². The van der Waals surface area contributed by atoms with E-state index in [1.165, 1.54) is 11.1 Å². The molecule has 0 aromatic heterocycles. The molecule has 0 amide bonds. The van der Waals surface area contributed by atoms with Crippen LogP contribution in [0.2, 0.25) is 0 Å². The van der Waals surface area contributed by atoms with E-state index in [4.69, 9.17) is 0 Å². The first-order valence-corrected chi connectivity index (χ1v) is 5.90. The van der Waals surface area contributed by atoms with E-state index in [1.54, 1.807) is 0 Å². The third-order valence-electron chi connectivity index (χ3n) is 2.67. The molecule has 1 aromatic rings. The minimum Gasteiger partial charge on any atom is -0.312 e. The first-order valence-electron chi connectivity index (χ1n) is 5.90. The van der Waals surface area contributed by atoms with Gasteiger partial charge in [-0.1, -0.05) is 17.9 Å². The summed E-state index contributed by atoms with van der Waals surface area (Å²) in [6.07, 6.45) is 1.14. The van der Waals surface area contributed by atoms with Crippen molar-refractivity contribution in [3.05, 3.63) is 34.9 Å². The van der Waals surface area contributed by atoms with Crippen LogP contribution in [0.4, 0.5) is 0 Å². The summed E-state index contributed by atoms with van der Waals surface area (Å²) in [6.45, 7) is 8.50. The van der Waals surface area contributed by atoms with Gasteiger partial charge in [-0.05, 0) is 57.0 Å². The molecule has 0 saturated carbocycles. The molecule has 1 N–H and O–H groups in total. The van der Waals surface area contributed by atoms with Gasteiger partial charge >= 0.3 is 0 Å². The molecule has 1 aliphatic heterocycles. The van der Waals surface area contributed by atoms with Crippen molar-refractivity contribution < 1.29 is 0 Å². The van der Waals surface area contributed by atoms with E-state index in [-0.39, 0.29) is 5.41 Å². The van der Waals surface area contributed by atoms with E-state index in [9.17, 15) is 0 Å². The highest BCUT2D eigenvalue weighted by Gasteiger charge is 2.08. The Morgan fingerprint density at radius 2 is 2.00 bits per heavy atom. The minimum absolute atomic E-state index is 0.0775. The summed E-state index contributed by atoms with van der Waals surface area (Å²) in [5, 5.41) is 3.39. The Kier molecular flexibility index (Phi) is 3.03. The molecule has 0 aliphatic carbocycles. The zero-order valence-electron chi connectivity index (χ0n) is 10.4. The number of fused-ring (bicyclic) bond motifs is 1. The maximum atomic E-state index is 3.39. The van der Waals surface area contributed by atoms with E-state index >= 15 is 0 Å². The van der Waals surface area contributed by atoms with Crippen molar-refractivity contribution >= 4 is 0 Å². The van der Waals surface area contributed by atoms with Crippen LogP contribution >= 0.6 is 0 Å². The Bertz CT molecular complexity index is 441. The summed E-state index contributed by atoms with van der Waals surface area (Å²) in [5.74, 6) is 6.53. The van der Waals surface area contributed by atoms with E-state index < -0.39 is 0 Å². The molecule has 1 aromatic carbocycles. The lowest BCUT2D eigenvalue weighted by atomic mass is 9.95. The number of hydrogen-bond acceptors (Lipinski definition) is 1. The van der Waals surface area contributed by atoms with Crippen molar-refractivity contribution in [3.8, 4) is 11.8 Å². The Labute approximate surface area is 98.3 Å². The van der Waals surface area contributed by atoms with Gasteiger partial charge in [0.05, 0.1) is 0 Å². The maximum absolute atomic E-state index is 3.39. The van der Waals surface area contributed by atoms with Gasteiger partial charge in [-0.2, -0.15) is 0 Å². The summed E-state index contributed by atoms with van der Waals surface area (Å²) >= 11 is 0. The molecule has 1 nitrogen and oxygen atoms in total. The Hall–Kier alpha value is -1.26. The van der Waals surface area contributed by atoms with Crippen LogP contribution in [-0.2, 0) is 13.0 Å². The van der Waals surface area contributed by atoms with E-state index in [0.717, 1.165) is 25.1 Å². The molecule has 1 heteroatoms. The van der Waals surface area contributed by atoms with Crippen LogP contribution in [-0.4, -0.2) is 6.54 Å². The SMILES string of the molecule is CC(C)(C)C#Cc1ccc2c(c1)CNCC2. The van der Waals surface area contributed by atoms with Gasteiger partial charge in [0.15, 0.2) is 0 Å². The number of rotatable bonds is 0. The Morgan fingerprint density at radius 1 is 1.19 bits per heavy atom. The molecule has 0 spiro atoms. The smallest absolute Gasteiger partial charge is 0.0248 e. The van der Waals surface area contributed by atoms with Crippen molar-refractivity contribution in [1.82, 2.24) is 5.32 Å². The first kappa shape index (κ1) is 11.2. The van der Waals surface area contributed by atoms with Crippen molar-refractivity contribution in [1.29, 1.82) is 0 Å². The third-order valence-corrected chi connectivity index (χ3v) is 2.67. The van der Waals surface area contributed by atoms with Crippen molar-refractivity contribution in [2.75, 3.05) is 6.54 Å². The predicted molar refractivity (Wildman–Crippen MR) is 68.2 cm³/mol. The molecule has 0 atom stereocenters. The molecular weight excluding hydrogens is 194 g/mol. The van der Waals surface area contributed by atoms with Crippen LogP contribution in [0.3, 0.4) is 0 Å². The van der Waals surface area contributed by atoms with Crippen LogP contribution in [0.5, 0.6) is 0 Å². The van der Waals surface area contributed by atoms with Gasteiger partial charge in [0.1, 0.15) is 0 Å². The zero-order valence-corrected chi connectivity index (χ0v) is 10.4. The van der Waals surface area contributed by atoms with E-state index in [1.807, 2.05) is 0 Å². The van der Waals surface area contributed by atoms with Gasteiger partial charge in [-0.3, -0.25) is 0 Å². The molecule has 84 valence electrons. The molecule has 2 rings (SSSR count). The second kappa shape index (κ2) is 4.31. The molecule has 0 unspecified atom stereocenters. The molecule has 0 bridgehead atoms. The molecule has 0 radical (unpaired) electrons. The molecule has 1 aliphatic rings. The summed E-state index contributed by atoms with van der Waals surface area (Å²) in [5.41, 5.74) is 4.10. The van der Waals surface area contributed by atoms with Gasteiger partial charge in [-0.25, -0.2) is 0 Å². The Morgan fingerprint density at radius 3 is 2.75 bits per heavy atom. The molecule has 1 heterocycles.